The van der Waals surface area contributed by atoms with Crippen molar-refractivity contribution < 1.29 is 24.2 Å². The molecule has 0 unspecified atom stereocenters. The van der Waals surface area contributed by atoms with Crippen molar-refractivity contribution in [2.45, 2.75) is 13.5 Å². The van der Waals surface area contributed by atoms with Crippen LogP contribution in [0.4, 0.5) is 5.69 Å². The van der Waals surface area contributed by atoms with Gasteiger partial charge in [0, 0.05) is 7.05 Å². The van der Waals surface area contributed by atoms with Crippen LogP contribution >= 0.6 is 50.9 Å². The number of thioether (sulfide) groups is 1. The summed E-state index contributed by atoms with van der Waals surface area (Å²) < 4.78 is 12.5. The largest absolute Gasteiger partial charge is 0.490 e. The summed E-state index contributed by atoms with van der Waals surface area (Å²) >= 11 is 16.9. The molecule has 196 valence electrons. The molecule has 11 heteroatoms. The maximum atomic E-state index is 12.9. The number of halogens is 3. The Hall–Kier alpha value is -2.98. The first kappa shape index (κ1) is 28.0. The number of amides is 1. The fraction of sp³-hybridized carbons (Fsp3) is 0.148. The molecule has 1 heterocycles. The Morgan fingerprint density at radius 2 is 1.84 bits per heavy atom. The number of benzene rings is 3. The van der Waals surface area contributed by atoms with Crippen molar-refractivity contribution in [3.8, 4) is 11.5 Å². The van der Waals surface area contributed by atoms with Crippen molar-refractivity contribution >= 4 is 79.7 Å². The Bertz CT molecular complexity index is 1460. The van der Waals surface area contributed by atoms with Crippen molar-refractivity contribution in [2.75, 3.05) is 13.7 Å². The summed E-state index contributed by atoms with van der Waals surface area (Å²) in [7, 11) is 1.64. The van der Waals surface area contributed by atoms with Gasteiger partial charge in [0.05, 0.1) is 37.3 Å². The predicted molar refractivity (Wildman–Crippen MR) is 155 cm³/mol. The first-order chi connectivity index (χ1) is 18.2. The van der Waals surface area contributed by atoms with Crippen LogP contribution in [0.5, 0.6) is 11.5 Å². The normalized spacial score (nSPS) is 15.4. The fourth-order valence-electron chi connectivity index (χ4n) is 3.45. The van der Waals surface area contributed by atoms with Crippen LogP contribution in [0.3, 0.4) is 0 Å². The Labute approximate surface area is 242 Å². The van der Waals surface area contributed by atoms with Crippen LogP contribution < -0.4 is 9.47 Å². The minimum absolute atomic E-state index is 0.165. The third-order valence-corrected chi connectivity index (χ3v) is 7.73. The van der Waals surface area contributed by atoms with Crippen LogP contribution in [-0.2, 0) is 11.4 Å². The molecule has 4 rings (SSSR count). The molecule has 0 spiro atoms. The molecular formula is C27H21BrCl2N2O5S. The molecule has 1 amide bonds. The highest BCUT2D eigenvalue weighted by Gasteiger charge is 2.30. The third-order valence-electron chi connectivity index (χ3n) is 5.34. The molecule has 38 heavy (non-hydrogen) atoms. The first-order valence-corrected chi connectivity index (χ1v) is 13.7. The Morgan fingerprint density at radius 3 is 2.50 bits per heavy atom. The first-order valence-electron chi connectivity index (χ1n) is 11.3. The van der Waals surface area contributed by atoms with E-state index in [0.29, 0.717) is 48.4 Å². The zero-order valence-electron chi connectivity index (χ0n) is 20.2. The van der Waals surface area contributed by atoms with Crippen LogP contribution in [0.1, 0.15) is 28.4 Å². The number of amidine groups is 1. The Morgan fingerprint density at radius 1 is 1.11 bits per heavy atom. The van der Waals surface area contributed by atoms with Crippen molar-refractivity contribution in [1.29, 1.82) is 0 Å². The van der Waals surface area contributed by atoms with Crippen molar-refractivity contribution in [1.82, 2.24) is 4.90 Å². The SMILES string of the molecule is CCOc1cc(C=C2SC(=Nc3ccc(C(=O)O)cc3)N(C)C2=O)cc(Br)c1OCc1ccc(Cl)c(Cl)c1. The molecule has 0 bridgehead atoms. The average Bonchev–Trinajstić information content (AvgIpc) is 3.13. The summed E-state index contributed by atoms with van der Waals surface area (Å²) in [6.07, 6.45) is 1.76. The molecule has 3 aromatic rings. The van der Waals surface area contributed by atoms with E-state index in [1.165, 1.54) is 28.8 Å². The number of hydrogen-bond donors (Lipinski definition) is 1. The van der Waals surface area contributed by atoms with E-state index in [1.807, 2.05) is 19.1 Å². The molecule has 0 atom stereocenters. The van der Waals surface area contributed by atoms with Gasteiger partial charge in [-0.1, -0.05) is 29.3 Å². The predicted octanol–water partition coefficient (Wildman–Crippen LogP) is 7.67. The number of carbonyl (C=O) groups is 2. The number of rotatable bonds is 8. The van der Waals surface area contributed by atoms with E-state index in [4.69, 9.17) is 37.8 Å². The van der Waals surface area contributed by atoms with Crippen molar-refractivity contribution in [3.63, 3.8) is 0 Å². The fourth-order valence-corrected chi connectivity index (χ4v) is 5.33. The number of ether oxygens (including phenoxy) is 2. The molecule has 0 saturated carbocycles. The van der Waals surface area contributed by atoms with Crippen LogP contribution in [0.2, 0.25) is 10.0 Å². The summed E-state index contributed by atoms with van der Waals surface area (Å²) in [5.74, 6) is -0.176. The quantitative estimate of drug-likeness (QED) is 0.256. The van der Waals surface area contributed by atoms with Crippen LogP contribution in [0.15, 0.2) is 69.0 Å². The smallest absolute Gasteiger partial charge is 0.335 e. The maximum Gasteiger partial charge on any atom is 0.335 e. The second kappa shape index (κ2) is 12.3. The minimum atomic E-state index is -1.01. The lowest BCUT2D eigenvalue weighted by Crippen LogP contribution is -2.23. The highest BCUT2D eigenvalue weighted by atomic mass is 79.9. The molecule has 0 radical (unpaired) electrons. The van der Waals surface area contributed by atoms with Gasteiger partial charge in [0.15, 0.2) is 16.7 Å². The van der Waals surface area contributed by atoms with Gasteiger partial charge >= 0.3 is 5.97 Å². The number of nitrogens with zero attached hydrogens (tertiary/aromatic N) is 2. The van der Waals surface area contributed by atoms with Gasteiger partial charge in [-0.05, 0) is 100 Å². The third kappa shape index (κ3) is 6.53. The summed E-state index contributed by atoms with van der Waals surface area (Å²) in [4.78, 5) is 30.4. The van der Waals surface area contributed by atoms with E-state index in [1.54, 1.807) is 43.5 Å². The van der Waals surface area contributed by atoms with Gasteiger partial charge in [0.25, 0.3) is 5.91 Å². The lowest BCUT2D eigenvalue weighted by atomic mass is 10.1. The highest BCUT2D eigenvalue weighted by Crippen LogP contribution is 2.40. The number of carboxylic acid groups (broad SMARTS) is 1. The summed E-state index contributed by atoms with van der Waals surface area (Å²) in [5, 5.41) is 10.5. The van der Waals surface area contributed by atoms with Gasteiger partial charge in [-0.3, -0.25) is 9.69 Å². The average molecular weight is 636 g/mol. The molecule has 1 aliphatic rings. The molecule has 1 aliphatic heterocycles. The molecule has 3 aromatic carbocycles. The van der Waals surface area contributed by atoms with Crippen LogP contribution in [-0.4, -0.2) is 40.7 Å². The van der Waals surface area contributed by atoms with Crippen LogP contribution in [0, 0.1) is 0 Å². The molecule has 7 nitrogen and oxygen atoms in total. The minimum Gasteiger partial charge on any atom is -0.490 e. The number of carboxylic acids is 1. The van der Waals surface area contributed by atoms with E-state index in [2.05, 4.69) is 20.9 Å². The Balaban J connectivity index is 1.57. The van der Waals surface area contributed by atoms with Gasteiger partial charge < -0.3 is 14.6 Å². The van der Waals surface area contributed by atoms with Gasteiger partial charge in [-0.15, -0.1) is 0 Å². The maximum absolute atomic E-state index is 12.9. The zero-order valence-corrected chi connectivity index (χ0v) is 24.1. The molecule has 0 aromatic heterocycles. The number of likely N-dealkylation sites (N-methyl/N-ethyl adjacent to an activating group) is 1. The standard InChI is InChI=1S/C27H21BrCl2N2O5S/c1-3-36-22-12-16(10-19(28)24(22)37-14-15-4-9-20(29)21(30)11-15)13-23-25(33)32(2)27(38-23)31-18-7-5-17(6-8-18)26(34)35/h4-13H,3,14H2,1-2H3,(H,34,35). The van der Waals surface area contributed by atoms with E-state index in [-0.39, 0.29) is 18.1 Å². The lowest BCUT2D eigenvalue weighted by molar-refractivity contribution is -0.121. The topological polar surface area (TPSA) is 88.4 Å². The van der Waals surface area contributed by atoms with Gasteiger partial charge in [0.1, 0.15) is 6.61 Å². The monoisotopic (exact) mass is 634 g/mol. The zero-order chi connectivity index (χ0) is 27.4. The number of aromatic carboxylic acids is 1. The van der Waals surface area contributed by atoms with E-state index in [0.717, 1.165) is 11.1 Å². The van der Waals surface area contributed by atoms with Crippen molar-refractivity contribution in [3.05, 3.63) is 90.7 Å². The van der Waals surface area contributed by atoms with Gasteiger partial charge in [-0.2, -0.15) is 0 Å². The van der Waals surface area contributed by atoms with E-state index >= 15 is 0 Å². The summed E-state index contributed by atoms with van der Waals surface area (Å²) in [5.41, 5.74) is 2.29. The Kier molecular flexibility index (Phi) is 9.04. The second-order valence-corrected chi connectivity index (χ2v) is 10.7. The number of hydrogen-bond acceptors (Lipinski definition) is 6. The van der Waals surface area contributed by atoms with E-state index in [9.17, 15) is 9.59 Å². The lowest BCUT2D eigenvalue weighted by Gasteiger charge is -2.15. The molecular weight excluding hydrogens is 615 g/mol. The molecule has 0 aliphatic carbocycles. The van der Waals surface area contributed by atoms with Crippen molar-refractivity contribution in [2.24, 2.45) is 4.99 Å². The summed E-state index contributed by atoms with van der Waals surface area (Å²) in [6, 6.07) is 15.1. The second-order valence-electron chi connectivity index (χ2n) is 8.02. The van der Waals surface area contributed by atoms with Gasteiger partial charge in [-0.25, -0.2) is 9.79 Å². The molecule has 1 fully saturated rings. The van der Waals surface area contributed by atoms with Crippen LogP contribution in [0.25, 0.3) is 6.08 Å². The highest BCUT2D eigenvalue weighted by molar-refractivity contribution is 9.10. The number of carbonyl (C=O) groups excluding carboxylic acids is 1. The van der Waals surface area contributed by atoms with E-state index < -0.39 is 5.97 Å². The van der Waals surface area contributed by atoms with Gasteiger partial charge in [0.2, 0.25) is 0 Å². The molecule has 1 N–H and O–H groups in total. The summed E-state index contributed by atoms with van der Waals surface area (Å²) in [6.45, 7) is 2.55. The molecule has 1 saturated heterocycles. The number of aliphatic imine (C=N–C) groups is 1.